The summed E-state index contributed by atoms with van der Waals surface area (Å²) in [4.78, 5) is 17.8. The normalized spacial score (nSPS) is 11.4. The van der Waals surface area contributed by atoms with Crippen LogP contribution < -0.4 is 5.32 Å². The molecule has 0 unspecified atom stereocenters. The molecule has 1 N–H and O–H groups in total. The maximum absolute atomic E-state index is 11.5. The van der Waals surface area contributed by atoms with Crippen LogP contribution in [0, 0.1) is 6.92 Å². The van der Waals surface area contributed by atoms with Crippen LogP contribution in [0.15, 0.2) is 15.5 Å². The van der Waals surface area contributed by atoms with Crippen molar-refractivity contribution in [3.05, 3.63) is 23.2 Å². The number of nitrogens with one attached hydrogen (secondary N) is 1. The minimum absolute atomic E-state index is 0.382. The van der Waals surface area contributed by atoms with E-state index >= 15 is 0 Å². The quantitative estimate of drug-likeness (QED) is 0.495. The van der Waals surface area contributed by atoms with Crippen LogP contribution in [0.1, 0.15) is 41.6 Å². The zero-order valence-electron chi connectivity index (χ0n) is 13.5. The van der Waals surface area contributed by atoms with Crippen molar-refractivity contribution in [2.45, 2.75) is 33.2 Å². The molecule has 0 saturated carbocycles. The first-order valence-corrected chi connectivity index (χ1v) is 7.12. The van der Waals surface area contributed by atoms with Gasteiger partial charge >= 0.3 is 5.97 Å². The lowest BCUT2D eigenvalue weighted by atomic mass is 10.2. The summed E-state index contributed by atoms with van der Waals surface area (Å²) >= 11 is 0. The molecule has 0 atom stereocenters. The molecule has 0 aliphatic carbocycles. The Kier molecular flexibility index (Phi) is 6.78. The van der Waals surface area contributed by atoms with Crippen LogP contribution in [0.3, 0.4) is 0 Å². The number of methoxy groups -OCH3 is 1. The molecule has 0 radical (unpaired) electrons. The molecule has 21 heavy (non-hydrogen) atoms. The number of rotatable bonds is 6. The van der Waals surface area contributed by atoms with Crippen LogP contribution in [0.5, 0.6) is 0 Å². The second kappa shape index (κ2) is 8.34. The molecule has 0 aliphatic heterocycles. The lowest BCUT2D eigenvalue weighted by Crippen LogP contribution is -2.38. The van der Waals surface area contributed by atoms with E-state index in [1.165, 1.54) is 7.11 Å². The Morgan fingerprint density at radius 3 is 2.81 bits per heavy atom. The number of esters is 1. The van der Waals surface area contributed by atoms with Crippen molar-refractivity contribution < 1.29 is 13.9 Å². The second-order valence-electron chi connectivity index (χ2n) is 4.85. The third-order valence-corrected chi connectivity index (χ3v) is 3.22. The van der Waals surface area contributed by atoms with Gasteiger partial charge in [-0.3, -0.25) is 4.99 Å². The standard InChI is InChI=1S/C15H25N3O3/c1-6-7-8-18(4)15(16-3)17-10-12-9-13(11(2)21-12)14(19)20-5/h9H,6-8,10H2,1-5H3,(H,16,17). The van der Waals surface area contributed by atoms with Gasteiger partial charge in [-0.25, -0.2) is 4.79 Å². The molecule has 6 nitrogen and oxygen atoms in total. The topological polar surface area (TPSA) is 67.1 Å². The number of carbonyl (C=O) groups is 1. The Balaban J connectivity index is 2.63. The first-order valence-electron chi connectivity index (χ1n) is 7.12. The highest BCUT2D eigenvalue weighted by molar-refractivity contribution is 5.90. The summed E-state index contributed by atoms with van der Waals surface area (Å²) in [6, 6.07) is 1.70. The summed E-state index contributed by atoms with van der Waals surface area (Å²) in [5, 5.41) is 3.22. The SMILES string of the molecule is CCCCN(C)C(=NC)NCc1cc(C(=O)OC)c(C)o1. The molecule has 1 heterocycles. The van der Waals surface area contributed by atoms with Gasteiger partial charge in [0.15, 0.2) is 5.96 Å². The number of aryl methyl sites for hydroxylation is 1. The molecular formula is C15H25N3O3. The van der Waals surface area contributed by atoms with E-state index in [9.17, 15) is 4.79 Å². The number of guanidine groups is 1. The van der Waals surface area contributed by atoms with Gasteiger partial charge in [0.25, 0.3) is 0 Å². The summed E-state index contributed by atoms with van der Waals surface area (Å²) in [5.74, 6) is 1.66. The van der Waals surface area contributed by atoms with E-state index in [0.29, 0.717) is 23.6 Å². The van der Waals surface area contributed by atoms with Crippen molar-refractivity contribution >= 4 is 11.9 Å². The van der Waals surface area contributed by atoms with Gasteiger partial charge in [0.1, 0.15) is 17.1 Å². The lowest BCUT2D eigenvalue weighted by molar-refractivity contribution is 0.0599. The van der Waals surface area contributed by atoms with Gasteiger partial charge in [-0.2, -0.15) is 0 Å². The maximum Gasteiger partial charge on any atom is 0.341 e. The number of hydrogen-bond donors (Lipinski definition) is 1. The van der Waals surface area contributed by atoms with E-state index in [2.05, 4.69) is 22.1 Å². The van der Waals surface area contributed by atoms with Crippen LogP contribution in [0.4, 0.5) is 0 Å². The fraction of sp³-hybridized carbons (Fsp3) is 0.600. The first-order chi connectivity index (χ1) is 10.0. The number of aliphatic imine (C=N–C) groups is 1. The van der Waals surface area contributed by atoms with Crippen LogP contribution in [-0.4, -0.2) is 44.6 Å². The zero-order chi connectivity index (χ0) is 15.8. The minimum Gasteiger partial charge on any atom is -0.465 e. The predicted molar refractivity (Wildman–Crippen MR) is 82.5 cm³/mol. The number of ether oxygens (including phenoxy) is 1. The number of carbonyl (C=O) groups excluding carboxylic acids is 1. The van der Waals surface area contributed by atoms with Gasteiger partial charge in [-0.05, 0) is 19.4 Å². The molecule has 0 fully saturated rings. The van der Waals surface area contributed by atoms with Crippen molar-refractivity contribution in [1.82, 2.24) is 10.2 Å². The molecule has 0 bridgehead atoms. The summed E-state index contributed by atoms with van der Waals surface area (Å²) in [6.07, 6.45) is 2.25. The number of unbranched alkanes of at least 4 members (excludes halogenated alkanes) is 1. The molecule has 0 amide bonds. The summed E-state index contributed by atoms with van der Waals surface area (Å²) < 4.78 is 10.3. The van der Waals surface area contributed by atoms with Gasteiger partial charge in [0.2, 0.25) is 0 Å². The molecular weight excluding hydrogens is 270 g/mol. The average molecular weight is 295 g/mol. The van der Waals surface area contributed by atoms with Crippen molar-refractivity contribution in [2.24, 2.45) is 4.99 Å². The Morgan fingerprint density at radius 2 is 2.24 bits per heavy atom. The Hall–Kier alpha value is -1.98. The predicted octanol–water partition coefficient (Wildman–Crippen LogP) is 2.18. The molecule has 0 saturated heterocycles. The molecule has 6 heteroatoms. The fourth-order valence-corrected chi connectivity index (χ4v) is 2.00. The molecule has 0 aromatic carbocycles. The highest BCUT2D eigenvalue weighted by atomic mass is 16.5. The second-order valence-corrected chi connectivity index (χ2v) is 4.85. The summed E-state index contributed by atoms with van der Waals surface area (Å²) in [5.41, 5.74) is 0.462. The maximum atomic E-state index is 11.5. The van der Waals surface area contributed by atoms with Crippen molar-refractivity contribution in [1.29, 1.82) is 0 Å². The summed E-state index contributed by atoms with van der Waals surface area (Å²) in [6.45, 7) is 5.32. The highest BCUT2D eigenvalue weighted by Gasteiger charge is 2.15. The van der Waals surface area contributed by atoms with Crippen molar-refractivity contribution in [3.63, 3.8) is 0 Å². The van der Waals surface area contributed by atoms with E-state index in [-0.39, 0.29) is 5.97 Å². The van der Waals surface area contributed by atoms with E-state index in [0.717, 1.165) is 25.3 Å². The van der Waals surface area contributed by atoms with Crippen molar-refractivity contribution in [3.8, 4) is 0 Å². The molecule has 0 spiro atoms. The number of hydrogen-bond acceptors (Lipinski definition) is 4. The van der Waals surface area contributed by atoms with E-state index < -0.39 is 0 Å². The summed E-state index contributed by atoms with van der Waals surface area (Å²) in [7, 11) is 5.10. The van der Waals surface area contributed by atoms with Crippen molar-refractivity contribution in [2.75, 3.05) is 27.7 Å². The van der Waals surface area contributed by atoms with Gasteiger partial charge in [-0.15, -0.1) is 0 Å². The van der Waals surface area contributed by atoms with E-state index in [1.807, 2.05) is 7.05 Å². The Labute approximate surface area is 126 Å². The molecule has 0 aliphatic rings. The number of furan rings is 1. The Bertz CT molecular complexity index is 494. The van der Waals surface area contributed by atoms with Crippen LogP contribution in [0.2, 0.25) is 0 Å². The average Bonchev–Trinajstić information content (AvgIpc) is 2.85. The van der Waals surface area contributed by atoms with Gasteiger partial charge < -0.3 is 19.4 Å². The first kappa shape index (κ1) is 17.1. The highest BCUT2D eigenvalue weighted by Crippen LogP contribution is 2.15. The smallest absolute Gasteiger partial charge is 0.341 e. The third-order valence-electron chi connectivity index (χ3n) is 3.22. The zero-order valence-corrected chi connectivity index (χ0v) is 13.5. The lowest BCUT2D eigenvalue weighted by Gasteiger charge is -2.21. The van der Waals surface area contributed by atoms with Gasteiger partial charge in [-0.1, -0.05) is 13.3 Å². The van der Waals surface area contributed by atoms with Gasteiger partial charge in [0.05, 0.1) is 13.7 Å². The van der Waals surface area contributed by atoms with Crippen LogP contribution in [-0.2, 0) is 11.3 Å². The largest absolute Gasteiger partial charge is 0.465 e. The van der Waals surface area contributed by atoms with Gasteiger partial charge in [0, 0.05) is 20.6 Å². The fourth-order valence-electron chi connectivity index (χ4n) is 2.00. The Morgan fingerprint density at radius 1 is 1.52 bits per heavy atom. The minimum atomic E-state index is -0.382. The monoisotopic (exact) mass is 295 g/mol. The number of nitrogens with zero attached hydrogens (tertiary/aromatic N) is 2. The van der Waals surface area contributed by atoms with Crippen LogP contribution >= 0.6 is 0 Å². The molecule has 118 valence electrons. The van der Waals surface area contributed by atoms with E-state index in [4.69, 9.17) is 9.15 Å². The van der Waals surface area contributed by atoms with Crippen LogP contribution in [0.25, 0.3) is 0 Å². The molecule has 1 aromatic heterocycles. The van der Waals surface area contributed by atoms with E-state index in [1.54, 1.807) is 20.0 Å². The molecule has 1 aromatic rings. The molecule has 1 rings (SSSR count). The third kappa shape index (κ3) is 4.81.